The second-order valence-corrected chi connectivity index (χ2v) is 8.73. The van der Waals surface area contributed by atoms with E-state index in [9.17, 15) is 4.79 Å². The molecule has 2 aromatic carbocycles. The summed E-state index contributed by atoms with van der Waals surface area (Å²) in [4.78, 5) is 20.1. The first kappa shape index (κ1) is 21.2. The monoisotopic (exact) mass is 438 g/mol. The normalized spacial score (nSPS) is 15.7. The smallest absolute Gasteiger partial charge is 0.279 e. The Morgan fingerprint density at radius 1 is 1.16 bits per heavy atom. The summed E-state index contributed by atoms with van der Waals surface area (Å²) in [6.07, 6.45) is 0. The molecule has 1 atom stereocenters. The summed E-state index contributed by atoms with van der Waals surface area (Å²) in [5.74, 6) is 6.69. The van der Waals surface area contributed by atoms with Crippen molar-refractivity contribution in [3.05, 3.63) is 69.8 Å². The minimum atomic E-state index is -0.345. The number of hydrazine groups is 1. The average Bonchev–Trinajstić information content (AvgIpc) is 3.17. The van der Waals surface area contributed by atoms with Gasteiger partial charge in [0.15, 0.2) is 5.69 Å². The third-order valence-electron chi connectivity index (χ3n) is 5.77. The number of fused-ring (bicyclic) bond motifs is 1. The first-order chi connectivity index (χ1) is 14.6. The number of nitrogen functional groups attached to an aromatic ring is 1. The van der Waals surface area contributed by atoms with Gasteiger partial charge in [-0.25, -0.2) is 10.8 Å². The summed E-state index contributed by atoms with van der Waals surface area (Å²) >= 11 is 6.15. The van der Waals surface area contributed by atoms with Crippen LogP contribution >= 0.6 is 11.6 Å². The Morgan fingerprint density at radius 3 is 2.39 bits per heavy atom. The molecule has 162 valence electrons. The largest absolute Gasteiger partial charge is 0.397 e. The molecule has 0 fully saturated rings. The predicted octanol–water partition coefficient (Wildman–Crippen LogP) is 4.38. The molecule has 31 heavy (non-hydrogen) atoms. The number of halogens is 1. The predicted molar refractivity (Wildman–Crippen MR) is 126 cm³/mol. The zero-order chi connectivity index (χ0) is 22.6. The molecule has 1 aliphatic rings. The quantitative estimate of drug-likeness (QED) is 0.358. The highest BCUT2D eigenvalue weighted by Gasteiger charge is 2.44. The van der Waals surface area contributed by atoms with Gasteiger partial charge in [-0.05, 0) is 63.1 Å². The van der Waals surface area contributed by atoms with Crippen LogP contribution in [0.4, 0.5) is 17.1 Å². The summed E-state index contributed by atoms with van der Waals surface area (Å²) in [7, 11) is 1.73. The third-order valence-corrected chi connectivity index (χ3v) is 6.03. The van der Waals surface area contributed by atoms with E-state index >= 15 is 0 Å². The Hall–Kier alpha value is -3.03. The number of carbonyl (C=O) groups is 1. The molecular formula is C23H27ClN6O. The van der Waals surface area contributed by atoms with Crippen LogP contribution in [0.25, 0.3) is 0 Å². The molecule has 0 saturated heterocycles. The molecule has 0 spiro atoms. The molecule has 7 nitrogen and oxygen atoms in total. The van der Waals surface area contributed by atoms with E-state index in [2.05, 4.69) is 23.4 Å². The Labute approximate surface area is 187 Å². The lowest BCUT2D eigenvalue weighted by molar-refractivity contribution is 0.0989. The van der Waals surface area contributed by atoms with Crippen LogP contribution in [0.3, 0.4) is 0 Å². The van der Waals surface area contributed by atoms with Crippen LogP contribution in [-0.2, 0) is 0 Å². The molecule has 2 heterocycles. The van der Waals surface area contributed by atoms with Crippen LogP contribution < -0.4 is 21.5 Å². The number of hydrogen-bond donors (Lipinski definition) is 2. The van der Waals surface area contributed by atoms with Crippen molar-refractivity contribution >= 4 is 34.6 Å². The molecule has 1 aromatic heterocycles. The highest BCUT2D eigenvalue weighted by Crippen LogP contribution is 2.44. The van der Waals surface area contributed by atoms with Crippen molar-refractivity contribution in [1.82, 2.24) is 9.55 Å². The van der Waals surface area contributed by atoms with Gasteiger partial charge in [-0.1, -0.05) is 23.7 Å². The SMILES string of the molecule is Cc1cc(N2C(=O)c3nc(C)n(C(C)C)c3C2c2ccc(Cl)cc2)cc(N(C)N)c1N. The molecule has 0 aliphatic carbocycles. The van der Waals surface area contributed by atoms with E-state index in [4.69, 9.17) is 23.2 Å². The summed E-state index contributed by atoms with van der Waals surface area (Å²) in [5, 5.41) is 2.11. The van der Waals surface area contributed by atoms with Crippen LogP contribution in [0.1, 0.15) is 59.1 Å². The van der Waals surface area contributed by atoms with Crippen LogP contribution in [-0.4, -0.2) is 22.5 Å². The van der Waals surface area contributed by atoms with Crippen LogP contribution in [0.15, 0.2) is 36.4 Å². The van der Waals surface area contributed by atoms with E-state index < -0.39 is 0 Å². The number of imidazole rings is 1. The van der Waals surface area contributed by atoms with Crippen LogP contribution in [0, 0.1) is 13.8 Å². The lowest BCUT2D eigenvalue weighted by atomic mass is 10.0. The van der Waals surface area contributed by atoms with E-state index in [1.54, 1.807) is 11.9 Å². The molecular weight excluding hydrogens is 412 g/mol. The molecule has 0 saturated carbocycles. The fourth-order valence-corrected chi connectivity index (χ4v) is 4.52. The summed E-state index contributed by atoms with van der Waals surface area (Å²) in [5.41, 5.74) is 11.4. The number of anilines is 3. The van der Waals surface area contributed by atoms with Crippen molar-refractivity contribution in [3.63, 3.8) is 0 Å². The number of carbonyl (C=O) groups excluding carboxylic acids is 1. The molecule has 0 bridgehead atoms. The van der Waals surface area contributed by atoms with Crippen LogP contribution in [0.5, 0.6) is 0 Å². The van der Waals surface area contributed by atoms with Crippen molar-refractivity contribution in [3.8, 4) is 0 Å². The van der Waals surface area contributed by atoms with Crippen molar-refractivity contribution in [1.29, 1.82) is 0 Å². The maximum absolute atomic E-state index is 13.7. The fourth-order valence-electron chi connectivity index (χ4n) is 4.40. The van der Waals surface area contributed by atoms with E-state index in [0.29, 0.717) is 22.1 Å². The lowest BCUT2D eigenvalue weighted by Crippen LogP contribution is -2.31. The van der Waals surface area contributed by atoms with Crippen molar-refractivity contribution < 1.29 is 4.79 Å². The second kappa shape index (κ2) is 7.59. The second-order valence-electron chi connectivity index (χ2n) is 8.29. The van der Waals surface area contributed by atoms with Crippen LogP contribution in [0.2, 0.25) is 5.02 Å². The van der Waals surface area contributed by atoms with E-state index in [-0.39, 0.29) is 18.0 Å². The van der Waals surface area contributed by atoms with Gasteiger partial charge >= 0.3 is 0 Å². The molecule has 3 aromatic rings. The molecule has 8 heteroatoms. The van der Waals surface area contributed by atoms with Gasteiger partial charge in [0.2, 0.25) is 0 Å². The van der Waals surface area contributed by atoms with Crippen molar-refractivity contribution in [2.24, 2.45) is 5.84 Å². The Bertz CT molecular complexity index is 1170. The summed E-state index contributed by atoms with van der Waals surface area (Å²) < 4.78 is 2.13. The molecule has 1 aliphatic heterocycles. The summed E-state index contributed by atoms with van der Waals surface area (Å²) in [6, 6.07) is 11.2. The first-order valence-electron chi connectivity index (χ1n) is 10.2. The number of hydrogen-bond acceptors (Lipinski definition) is 5. The third kappa shape index (κ3) is 3.34. The Morgan fingerprint density at radius 2 is 1.81 bits per heavy atom. The first-order valence-corrected chi connectivity index (χ1v) is 10.6. The fraction of sp³-hybridized carbons (Fsp3) is 0.304. The average molecular weight is 439 g/mol. The number of rotatable bonds is 4. The number of nitrogens with two attached hydrogens (primary N) is 2. The minimum absolute atomic E-state index is 0.146. The highest BCUT2D eigenvalue weighted by molar-refractivity contribution is 6.30. The Kier molecular flexibility index (Phi) is 5.19. The number of nitrogens with zero attached hydrogens (tertiary/aromatic N) is 4. The van der Waals surface area contributed by atoms with Gasteiger partial charge in [-0.15, -0.1) is 0 Å². The van der Waals surface area contributed by atoms with Gasteiger partial charge in [0.05, 0.1) is 17.1 Å². The zero-order valence-corrected chi connectivity index (χ0v) is 19.1. The summed E-state index contributed by atoms with van der Waals surface area (Å²) in [6.45, 7) is 8.03. The van der Waals surface area contributed by atoms with Gasteiger partial charge in [0, 0.05) is 23.8 Å². The van der Waals surface area contributed by atoms with Gasteiger partial charge in [0.1, 0.15) is 11.9 Å². The molecule has 1 amide bonds. The van der Waals surface area contributed by atoms with Crippen molar-refractivity contribution in [2.45, 2.75) is 39.8 Å². The standard InChI is InChI=1S/C23H27ClN6O/c1-12(2)29-14(4)27-20-22(29)21(15-6-8-16(24)9-7-15)30(23(20)31)17-10-13(3)19(25)18(11-17)28(5)26/h6-12,21H,25-26H2,1-5H3. The number of amides is 1. The number of benzene rings is 2. The van der Waals surface area contributed by atoms with E-state index in [0.717, 1.165) is 28.3 Å². The number of aromatic nitrogens is 2. The number of aryl methyl sites for hydroxylation is 2. The topological polar surface area (TPSA) is 93.4 Å². The molecule has 1 unspecified atom stereocenters. The molecule has 4 rings (SSSR count). The van der Waals surface area contributed by atoms with Gasteiger partial charge in [-0.3, -0.25) is 9.69 Å². The Balaban J connectivity index is 1.98. The minimum Gasteiger partial charge on any atom is -0.397 e. The van der Waals surface area contributed by atoms with Gasteiger partial charge < -0.3 is 15.3 Å². The molecule has 4 N–H and O–H groups in total. The molecule has 0 radical (unpaired) electrons. The van der Waals surface area contributed by atoms with Gasteiger partial charge in [-0.2, -0.15) is 0 Å². The highest BCUT2D eigenvalue weighted by atomic mass is 35.5. The lowest BCUT2D eigenvalue weighted by Gasteiger charge is -2.29. The van der Waals surface area contributed by atoms with E-state index in [1.165, 1.54) is 5.01 Å². The van der Waals surface area contributed by atoms with Gasteiger partial charge in [0.25, 0.3) is 5.91 Å². The maximum Gasteiger partial charge on any atom is 0.279 e. The van der Waals surface area contributed by atoms with Crippen molar-refractivity contribution in [2.75, 3.05) is 22.7 Å². The zero-order valence-electron chi connectivity index (χ0n) is 18.3. The van der Waals surface area contributed by atoms with E-state index in [1.807, 2.05) is 50.2 Å². The maximum atomic E-state index is 13.7.